The fraction of sp³-hybridized carbons (Fsp3) is 0.500. The Bertz CT molecular complexity index is 611. The molecule has 0 amide bonds. The molecule has 3 rings (SSSR count). The molecular weight excluding hydrogens is 262 g/mol. The van der Waals surface area contributed by atoms with Gasteiger partial charge in [-0.3, -0.25) is 4.90 Å². The van der Waals surface area contributed by atoms with Crippen LogP contribution < -0.4 is 11.1 Å². The first-order valence-electron chi connectivity index (χ1n) is 7.71. The normalized spacial score (nSPS) is 20.0. The van der Waals surface area contributed by atoms with Crippen LogP contribution in [0.2, 0.25) is 0 Å². The van der Waals surface area contributed by atoms with Gasteiger partial charge in [-0.15, -0.1) is 0 Å². The molecule has 1 fully saturated rings. The lowest BCUT2D eigenvalue weighted by Gasteiger charge is -2.33. The molecule has 0 bridgehead atoms. The number of hydrogen-bond donors (Lipinski definition) is 2. The highest BCUT2D eigenvalue weighted by Gasteiger charge is 2.18. The highest BCUT2D eigenvalue weighted by Crippen LogP contribution is 2.19. The Morgan fingerprint density at radius 2 is 2.29 bits per heavy atom. The Kier molecular flexibility index (Phi) is 4.31. The summed E-state index contributed by atoms with van der Waals surface area (Å²) < 4.78 is 0. The van der Waals surface area contributed by atoms with Crippen molar-refractivity contribution >= 4 is 16.7 Å². The summed E-state index contributed by atoms with van der Waals surface area (Å²) >= 11 is 0. The van der Waals surface area contributed by atoms with Crippen molar-refractivity contribution in [2.24, 2.45) is 0 Å². The van der Waals surface area contributed by atoms with Crippen LogP contribution in [0.4, 0.5) is 5.82 Å². The largest absolute Gasteiger partial charge is 0.383 e. The van der Waals surface area contributed by atoms with E-state index < -0.39 is 0 Å². The molecule has 3 N–H and O–H groups in total. The molecule has 5 heteroatoms. The Hall–Kier alpha value is -1.72. The van der Waals surface area contributed by atoms with Crippen LogP contribution in [-0.2, 0) is 6.54 Å². The average molecular weight is 285 g/mol. The lowest BCUT2D eigenvalue weighted by Crippen LogP contribution is -2.50. The fourth-order valence-electron chi connectivity index (χ4n) is 3.06. The quantitative estimate of drug-likeness (QED) is 0.896. The number of nitrogens with one attached hydrogen (secondary N) is 1. The maximum absolute atomic E-state index is 5.87. The fourth-order valence-corrected chi connectivity index (χ4v) is 3.06. The van der Waals surface area contributed by atoms with Crippen molar-refractivity contribution in [2.45, 2.75) is 32.4 Å². The van der Waals surface area contributed by atoms with Gasteiger partial charge in [0.25, 0.3) is 0 Å². The minimum atomic E-state index is 0.553. The van der Waals surface area contributed by atoms with Gasteiger partial charge in [-0.1, -0.05) is 19.4 Å². The van der Waals surface area contributed by atoms with E-state index in [4.69, 9.17) is 5.73 Å². The summed E-state index contributed by atoms with van der Waals surface area (Å²) in [6, 6.07) is 6.93. The topological polar surface area (TPSA) is 67.1 Å². The van der Waals surface area contributed by atoms with Crippen molar-refractivity contribution < 1.29 is 0 Å². The Morgan fingerprint density at radius 3 is 3.14 bits per heavy atom. The molecule has 1 unspecified atom stereocenters. The first-order valence-corrected chi connectivity index (χ1v) is 7.71. The van der Waals surface area contributed by atoms with E-state index in [1.807, 2.05) is 6.07 Å². The van der Waals surface area contributed by atoms with Crippen LogP contribution in [0.25, 0.3) is 10.9 Å². The van der Waals surface area contributed by atoms with Crippen molar-refractivity contribution in [3.63, 3.8) is 0 Å². The number of fused-ring (bicyclic) bond motifs is 1. The monoisotopic (exact) mass is 285 g/mol. The Morgan fingerprint density at radius 1 is 1.38 bits per heavy atom. The van der Waals surface area contributed by atoms with Gasteiger partial charge in [-0.2, -0.15) is 0 Å². The minimum Gasteiger partial charge on any atom is -0.383 e. The van der Waals surface area contributed by atoms with Crippen LogP contribution in [0.5, 0.6) is 0 Å². The van der Waals surface area contributed by atoms with E-state index in [2.05, 4.69) is 39.2 Å². The molecule has 0 spiro atoms. The van der Waals surface area contributed by atoms with Crippen LogP contribution in [0.3, 0.4) is 0 Å². The molecule has 5 nitrogen and oxygen atoms in total. The summed E-state index contributed by atoms with van der Waals surface area (Å²) in [4.78, 5) is 10.9. The zero-order valence-electron chi connectivity index (χ0n) is 12.5. The summed E-state index contributed by atoms with van der Waals surface area (Å²) in [5.41, 5.74) is 8.09. The van der Waals surface area contributed by atoms with Crippen LogP contribution in [-0.4, -0.2) is 40.5 Å². The Labute approximate surface area is 125 Å². The molecule has 2 heterocycles. The molecule has 1 saturated heterocycles. The first-order chi connectivity index (χ1) is 10.3. The number of rotatable bonds is 4. The van der Waals surface area contributed by atoms with E-state index in [1.54, 1.807) is 0 Å². The summed E-state index contributed by atoms with van der Waals surface area (Å²) in [5.74, 6) is 0.553. The van der Waals surface area contributed by atoms with Gasteiger partial charge in [-0.05, 0) is 24.1 Å². The highest BCUT2D eigenvalue weighted by atomic mass is 15.2. The predicted octanol–water partition coefficient (Wildman–Crippen LogP) is 1.79. The standard InChI is InChI=1S/C16H23N5/c1-2-3-13-10-21(7-6-18-13)9-12-4-5-14-15(8-12)19-11-20-16(14)17/h4-5,8,11,13,18H,2-3,6-7,9-10H2,1H3,(H2,17,19,20). The molecule has 1 atom stereocenters. The van der Waals surface area contributed by atoms with Gasteiger partial charge in [0.2, 0.25) is 0 Å². The van der Waals surface area contributed by atoms with Gasteiger partial charge in [0.15, 0.2) is 0 Å². The second-order valence-electron chi connectivity index (χ2n) is 5.79. The van der Waals surface area contributed by atoms with Crippen LogP contribution in [0.15, 0.2) is 24.5 Å². The third kappa shape index (κ3) is 3.31. The highest BCUT2D eigenvalue weighted by molar-refractivity contribution is 5.87. The lowest BCUT2D eigenvalue weighted by atomic mass is 10.1. The maximum Gasteiger partial charge on any atom is 0.134 e. The van der Waals surface area contributed by atoms with E-state index in [0.717, 1.165) is 37.1 Å². The molecular formula is C16H23N5. The van der Waals surface area contributed by atoms with Crippen LogP contribution >= 0.6 is 0 Å². The number of nitrogen functional groups attached to an aromatic ring is 1. The number of anilines is 1. The van der Waals surface area contributed by atoms with Gasteiger partial charge < -0.3 is 11.1 Å². The number of nitrogens with zero attached hydrogens (tertiary/aromatic N) is 3. The van der Waals surface area contributed by atoms with Crippen molar-refractivity contribution in [1.29, 1.82) is 0 Å². The summed E-state index contributed by atoms with van der Waals surface area (Å²) in [6.07, 6.45) is 4.01. The molecule has 1 aromatic heterocycles. The zero-order valence-corrected chi connectivity index (χ0v) is 12.5. The second kappa shape index (κ2) is 6.37. The minimum absolute atomic E-state index is 0.553. The van der Waals surface area contributed by atoms with Crippen molar-refractivity contribution in [3.05, 3.63) is 30.1 Å². The third-order valence-corrected chi connectivity index (χ3v) is 4.11. The van der Waals surface area contributed by atoms with Crippen LogP contribution in [0.1, 0.15) is 25.3 Å². The number of aromatic nitrogens is 2. The van der Waals surface area contributed by atoms with E-state index in [-0.39, 0.29) is 0 Å². The van der Waals surface area contributed by atoms with E-state index in [0.29, 0.717) is 11.9 Å². The van der Waals surface area contributed by atoms with Crippen molar-refractivity contribution in [1.82, 2.24) is 20.2 Å². The van der Waals surface area contributed by atoms with Gasteiger partial charge >= 0.3 is 0 Å². The van der Waals surface area contributed by atoms with Gasteiger partial charge in [0, 0.05) is 37.6 Å². The van der Waals surface area contributed by atoms with Gasteiger partial charge in [0.1, 0.15) is 12.1 Å². The molecule has 0 radical (unpaired) electrons. The van der Waals surface area contributed by atoms with E-state index in [1.165, 1.54) is 24.7 Å². The van der Waals surface area contributed by atoms with E-state index in [9.17, 15) is 0 Å². The van der Waals surface area contributed by atoms with Gasteiger partial charge in [0.05, 0.1) is 5.52 Å². The second-order valence-corrected chi connectivity index (χ2v) is 5.79. The molecule has 21 heavy (non-hydrogen) atoms. The Balaban J connectivity index is 1.72. The van der Waals surface area contributed by atoms with Crippen LogP contribution in [0, 0.1) is 0 Å². The van der Waals surface area contributed by atoms with Gasteiger partial charge in [-0.25, -0.2) is 9.97 Å². The van der Waals surface area contributed by atoms with E-state index >= 15 is 0 Å². The summed E-state index contributed by atoms with van der Waals surface area (Å²) in [7, 11) is 0. The average Bonchev–Trinajstić information content (AvgIpc) is 2.48. The summed E-state index contributed by atoms with van der Waals surface area (Å²) in [5, 5.41) is 4.53. The van der Waals surface area contributed by atoms with Crippen molar-refractivity contribution in [2.75, 3.05) is 25.4 Å². The zero-order chi connectivity index (χ0) is 14.7. The molecule has 112 valence electrons. The number of nitrogens with two attached hydrogens (primary N) is 1. The first kappa shape index (κ1) is 14.2. The smallest absolute Gasteiger partial charge is 0.134 e. The predicted molar refractivity (Wildman–Crippen MR) is 85.9 cm³/mol. The SMILES string of the molecule is CCCC1CN(Cc2ccc3c(N)ncnc3c2)CCN1. The molecule has 0 saturated carbocycles. The lowest BCUT2D eigenvalue weighted by molar-refractivity contribution is 0.187. The molecule has 2 aromatic rings. The van der Waals surface area contributed by atoms with Crippen molar-refractivity contribution in [3.8, 4) is 0 Å². The summed E-state index contributed by atoms with van der Waals surface area (Å²) in [6.45, 7) is 6.52. The number of benzene rings is 1. The molecule has 1 aromatic carbocycles. The maximum atomic E-state index is 5.87. The molecule has 1 aliphatic rings. The number of hydrogen-bond acceptors (Lipinski definition) is 5. The third-order valence-electron chi connectivity index (χ3n) is 4.11. The molecule has 0 aliphatic carbocycles. The number of piperazine rings is 1. The molecule has 1 aliphatic heterocycles.